The summed E-state index contributed by atoms with van der Waals surface area (Å²) in [7, 11) is 0. The van der Waals surface area contributed by atoms with E-state index in [1.54, 1.807) is 0 Å². The molecule has 150 valence electrons. The van der Waals surface area contributed by atoms with Gasteiger partial charge in [-0.2, -0.15) is 0 Å². The molecule has 1 aromatic rings. The Balaban J connectivity index is 0.00000169. The molecule has 2 fully saturated rings. The first-order chi connectivity index (χ1) is 11.6. The number of aromatic nitrogens is 1. The topological polar surface area (TPSA) is 93.6 Å². The van der Waals surface area contributed by atoms with Crippen LogP contribution in [0.25, 0.3) is 0 Å². The number of carbonyl (C=O) groups is 1. The van der Waals surface area contributed by atoms with Gasteiger partial charge in [-0.1, -0.05) is 5.16 Å². The van der Waals surface area contributed by atoms with Crippen LogP contribution in [0.2, 0.25) is 0 Å². The van der Waals surface area contributed by atoms with Crippen LogP contribution in [0.15, 0.2) is 10.6 Å². The summed E-state index contributed by atoms with van der Waals surface area (Å²) in [6, 6.07) is 1.93. The van der Waals surface area contributed by atoms with Gasteiger partial charge in [0.25, 0.3) is 0 Å². The van der Waals surface area contributed by atoms with E-state index in [4.69, 9.17) is 15.0 Å². The fourth-order valence-electron chi connectivity index (χ4n) is 3.68. The zero-order valence-electron chi connectivity index (χ0n) is 15.2. The third kappa shape index (κ3) is 5.33. The van der Waals surface area contributed by atoms with Gasteiger partial charge in [-0.15, -0.1) is 24.8 Å². The maximum atomic E-state index is 12.9. The van der Waals surface area contributed by atoms with E-state index in [-0.39, 0.29) is 36.6 Å². The van der Waals surface area contributed by atoms with Crippen molar-refractivity contribution in [3.05, 3.63) is 17.5 Å². The summed E-state index contributed by atoms with van der Waals surface area (Å²) in [5.74, 6) is 0.929. The number of ether oxygens (including phenoxy) is 1. The number of halogens is 2. The Morgan fingerprint density at radius 3 is 2.54 bits per heavy atom. The molecule has 3 heterocycles. The lowest BCUT2D eigenvalue weighted by atomic mass is 9.85. The third-order valence-corrected chi connectivity index (χ3v) is 5.21. The van der Waals surface area contributed by atoms with Crippen LogP contribution < -0.4 is 11.1 Å². The van der Waals surface area contributed by atoms with Gasteiger partial charge in [-0.3, -0.25) is 4.79 Å². The van der Waals surface area contributed by atoms with E-state index in [0.29, 0.717) is 19.8 Å². The summed E-state index contributed by atoms with van der Waals surface area (Å²) in [6.45, 7) is 6.59. The number of piperidine rings is 1. The van der Waals surface area contributed by atoms with Crippen molar-refractivity contribution in [3.63, 3.8) is 0 Å². The van der Waals surface area contributed by atoms with E-state index in [2.05, 4.69) is 15.4 Å². The highest BCUT2D eigenvalue weighted by Gasteiger charge is 2.41. The van der Waals surface area contributed by atoms with E-state index in [0.717, 1.165) is 56.8 Å². The Morgan fingerprint density at radius 1 is 1.35 bits per heavy atom. The highest BCUT2D eigenvalue weighted by molar-refractivity contribution is 5.85. The van der Waals surface area contributed by atoms with Crippen molar-refractivity contribution in [3.8, 4) is 0 Å². The van der Waals surface area contributed by atoms with E-state index < -0.39 is 5.54 Å². The van der Waals surface area contributed by atoms with Crippen LogP contribution in [0.3, 0.4) is 0 Å². The number of likely N-dealkylation sites (tertiary alicyclic amines) is 1. The molecular formula is C17H30Cl2N4O3. The minimum atomic E-state index is -0.481. The third-order valence-electron chi connectivity index (χ3n) is 5.21. The van der Waals surface area contributed by atoms with Gasteiger partial charge in [0.1, 0.15) is 5.54 Å². The normalized spacial score (nSPS) is 20.7. The second-order valence-corrected chi connectivity index (χ2v) is 6.92. The predicted octanol–water partition coefficient (Wildman–Crippen LogP) is 1.62. The first-order valence-corrected chi connectivity index (χ1v) is 8.89. The van der Waals surface area contributed by atoms with E-state index >= 15 is 0 Å². The predicted molar refractivity (Wildman–Crippen MR) is 104 cm³/mol. The second kappa shape index (κ2) is 10.5. The molecule has 0 atom stereocenters. The van der Waals surface area contributed by atoms with Crippen LogP contribution in [0, 0.1) is 12.8 Å². The Morgan fingerprint density at radius 2 is 2.00 bits per heavy atom. The number of rotatable bonds is 5. The van der Waals surface area contributed by atoms with Gasteiger partial charge in [0, 0.05) is 51.1 Å². The molecule has 0 radical (unpaired) electrons. The number of nitrogens with one attached hydrogen (secondary N) is 1. The minimum absolute atomic E-state index is 0. The van der Waals surface area contributed by atoms with Crippen molar-refractivity contribution in [2.45, 2.75) is 38.1 Å². The molecule has 3 N–H and O–H groups in total. The quantitative estimate of drug-likeness (QED) is 0.768. The number of hydrogen-bond acceptors (Lipinski definition) is 6. The maximum Gasteiger partial charge on any atom is 0.224 e. The molecule has 1 aromatic heterocycles. The number of nitrogens with zero attached hydrogens (tertiary/aromatic N) is 2. The van der Waals surface area contributed by atoms with Crippen molar-refractivity contribution in [1.29, 1.82) is 0 Å². The largest absolute Gasteiger partial charge is 0.381 e. The molecule has 2 aliphatic rings. The lowest BCUT2D eigenvalue weighted by Gasteiger charge is -2.38. The number of nitrogens with two attached hydrogens (primary N) is 1. The Bertz CT molecular complexity index is 556. The average Bonchev–Trinajstić information content (AvgIpc) is 3.04. The van der Waals surface area contributed by atoms with Crippen LogP contribution in [-0.2, 0) is 15.1 Å². The molecule has 7 nitrogen and oxygen atoms in total. The lowest BCUT2D eigenvalue weighted by molar-refractivity contribution is -0.130. The van der Waals surface area contributed by atoms with Crippen molar-refractivity contribution in [1.82, 2.24) is 15.4 Å². The monoisotopic (exact) mass is 408 g/mol. The molecule has 2 saturated heterocycles. The van der Waals surface area contributed by atoms with E-state index in [1.165, 1.54) is 0 Å². The molecular weight excluding hydrogens is 379 g/mol. The smallest absolute Gasteiger partial charge is 0.224 e. The number of hydrogen-bond donors (Lipinski definition) is 2. The molecule has 3 rings (SSSR count). The zero-order valence-corrected chi connectivity index (χ0v) is 16.9. The first kappa shape index (κ1) is 23.2. The highest BCUT2D eigenvalue weighted by Crippen LogP contribution is 2.33. The van der Waals surface area contributed by atoms with Crippen molar-refractivity contribution in [2.75, 3.05) is 39.4 Å². The van der Waals surface area contributed by atoms with Crippen LogP contribution in [-0.4, -0.2) is 55.4 Å². The number of aryl methyl sites for hydroxylation is 1. The van der Waals surface area contributed by atoms with Crippen molar-refractivity contribution in [2.24, 2.45) is 11.7 Å². The van der Waals surface area contributed by atoms with Crippen LogP contribution in [0.1, 0.15) is 37.1 Å². The summed E-state index contributed by atoms with van der Waals surface area (Å²) >= 11 is 0. The molecule has 0 spiro atoms. The van der Waals surface area contributed by atoms with Gasteiger partial charge in [0.15, 0.2) is 5.76 Å². The molecule has 0 aliphatic carbocycles. The van der Waals surface area contributed by atoms with Gasteiger partial charge in [0.2, 0.25) is 5.91 Å². The zero-order chi connectivity index (χ0) is 17.0. The molecule has 9 heteroatoms. The Hall–Kier alpha value is -0.860. The standard InChI is InChI=1S/C17H28N4O3.2ClH/c1-13-12-15(24-20-13)17(4-10-23-11-5-17)19-16(22)14-2-7-21(8-3-14)9-6-18;;/h12,14H,2-11,18H2,1H3,(H,19,22);2*1H. The lowest BCUT2D eigenvalue weighted by Crippen LogP contribution is -2.52. The summed E-state index contributed by atoms with van der Waals surface area (Å²) in [6.07, 6.45) is 3.21. The van der Waals surface area contributed by atoms with Crippen LogP contribution in [0.5, 0.6) is 0 Å². The molecule has 1 amide bonds. The molecule has 2 aliphatic heterocycles. The first-order valence-electron chi connectivity index (χ1n) is 8.89. The van der Waals surface area contributed by atoms with Gasteiger partial charge in [0.05, 0.1) is 5.69 Å². The summed E-state index contributed by atoms with van der Waals surface area (Å²) in [5, 5.41) is 7.28. The SMILES string of the molecule is Cc1cc(C2(NC(=O)C3CCN(CCN)CC3)CCOCC2)on1.Cl.Cl. The molecule has 26 heavy (non-hydrogen) atoms. The Kier molecular flexibility index (Phi) is 9.33. The van der Waals surface area contributed by atoms with Crippen molar-refractivity contribution >= 4 is 30.7 Å². The number of carbonyl (C=O) groups excluding carboxylic acids is 1. The van der Waals surface area contributed by atoms with E-state index in [9.17, 15) is 4.79 Å². The van der Waals surface area contributed by atoms with E-state index in [1.807, 2.05) is 13.0 Å². The van der Waals surface area contributed by atoms with Gasteiger partial charge < -0.3 is 25.2 Å². The molecule has 0 aromatic carbocycles. The molecule has 0 saturated carbocycles. The molecule has 0 bridgehead atoms. The summed E-state index contributed by atoms with van der Waals surface area (Å²) < 4.78 is 11.0. The maximum absolute atomic E-state index is 12.9. The summed E-state index contributed by atoms with van der Waals surface area (Å²) in [4.78, 5) is 15.2. The van der Waals surface area contributed by atoms with Crippen LogP contribution in [0.4, 0.5) is 0 Å². The fourth-order valence-corrected chi connectivity index (χ4v) is 3.68. The van der Waals surface area contributed by atoms with Crippen molar-refractivity contribution < 1.29 is 14.1 Å². The highest BCUT2D eigenvalue weighted by atomic mass is 35.5. The fraction of sp³-hybridized carbons (Fsp3) is 0.765. The van der Waals surface area contributed by atoms with Gasteiger partial charge >= 0.3 is 0 Å². The van der Waals surface area contributed by atoms with Gasteiger partial charge in [-0.05, 0) is 32.9 Å². The number of amides is 1. The Labute approximate surface area is 167 Å². The van der Waals surface area contributed by atoms with Gasteiger partial charge in [-0.25, -0.2) is 0 Å². The second-order valence-electron chi connectivity index (χ2n) is 6.92. The molecule has 0 unspecified atom stereocenters. The average molecular weight is 409 g/mol. The minimum Gasteiger partial charge on any atom is -0.381 e. The summed E-state index contributed by atoms with van der Waals surface area (Å²) in [5.41, 5.74) is 5.96. The van der Waals surface area contributed by atoms with Crippen LogP contribution >= 0.6 is 24.8 Å².